The average molecular weight is 287 g/mol. The fourth-order valence-corrected chi connectivity index (χ4v) is 1.62. The van der Waals surface area contributed by atoms with Gasteiger partial charge in [0.05, 0.1) is 6.54 Å². The Kier molecular flexibility index (Phi) is 4.66. The van der Waals surface area contributed by atoms with Crippen LogP contribution in [0.4, 0.5) is 4.79 Å². The van der Waals surface area contributed by atoms with Crippen LogP contribution >= 0.6 is 0 Å². The highest BCUT2D eigenvalue weighted by Crippen LogP contribution is 2.16. The minimum absolute atomic E-state index is 0.108. The number of aliphatic carboxylic acids is 1. The van der Waals surface area contributed by atoms with Gasteiger partial charge in [-0.3, -0.25) is 14.5 Å². The molecule has 0 spiro atoms. The van der Waals surface area contributed by atoms with Crippen LogP contribution in [0.15, 0.2) is 0 Å². The van der Waals surface area contributed by atoms with Gasteiger partial charge in [0.2, 0.25) is 5.91 Å². The van der Waals surface area contributed by atoms with Crippen molar-refractivity contribution in [3.63, 3.8) is 0 Å². The van der Waals surface area contributed by atoms with E-state index in [1.807, 2.05) is 0 Å². The van der Waals surface area contributed by atoms with E-state index >= 15 is 0 Å². The predicted octanol–water partition coefficient (Wildman–Crippen LogP) is -1.73. The highest BCUT2D eigenvalue weighted by atomic mass is 16.4. The van der Waals surface area contributed by atoms with Crippen LogP contribution in [0, 0.1) is 0 Å². The Morgan fingerprint density at radius 3 is 2.45 bits per heavy atom. The largest absolute Gasteiger partial charge is 0.479 e. The van der Waals surface area contributed by atoms with Crippen molar-refractivity contribution in [2.45, 2.75) is 31.9 Å². The quantitative estimate of drug-likeness (QED) is 0.428. The second kappa shape index (κ2) is 5.87. The number of nitrogens with zero attached hydrogens (tertiary/aromatic N) is 1. The van der Waals surface area contributed by atoms with E-state index in [4.69, 9.17) is 10.2 Å². The molecule has 1 atom stereocenters. The predicted molar refractivity (Wildman–Crippen MR) is 65.6 cm³/mol. The minimum atomic E-state index is -1.69. The number of aliphatic hydroxyl groups excluding tert-OH is 1. The van der Waals surface area contributed by atoms with E-state index in [0.29, 0.717) is 0 Å². The molecule has 4 amide bonds. The third-order valence-electron chi connectivity index (χ3n) is 2.78. The van der Waals surface area contributed by atoms with E-state index in [0.717, 1.165) is 4.90 Å². The topological polar surface area (TPSA) is 136 Å². The standard InChI is InChI=1S/C11H17N3O6/c1-11(2)9(19)14(10(20)13-11)4-3-7(16)12-5-6(15)8(17)18/h6,15H,3-5H2,1-2H3,(H,12,16)(H,13,20)(H,17,18). The Balaban J connectivity index is 2.40. The number of carbonyl (C=O) groups excluding carboxylic acids is 3. The number of nitrogens with one attached hydrogen (secondary N) is 2. The van der Waals surface area contributed by atoms with Crippen LogP contribution in [0.5, 0.6) is 0 Å². The maximum atomic E-state index is 11.8. The van der Waals surface area contributed by atoms with Crippen molar-refractivity contribution in [2.24, 2.45) is 0 Å². The second-order valence-electron chi connectivity index (χ2n) is 4.92. The van der Waals surface area contributed by atoms with Crippen LogP contribution in [-0.2, 0) is 14.4 Å². The maximum Gasteiger partial charge on any atom is 0.334 e. The molecule has 0 aromatic heterocycles. The van der Waals surface area contributed by atoms with Crippen molar-refractivity contribution >= 4 is 23.8 Å². The Morgan fingerprint density at radius 1 is 1.40 bits per heavy atom. The van der Waals surface area contributed by atoms with E-state index < -0.39 is 42.0 Å². The molecule has 0 bridgehead atoms. The lowest BCUT2D eigenvalue weighted by Crippen LogP contribution is -2.41. The van der Waals surface area contributed by atoms with Gasteiger partial charge in [0.15, 0.2) is 6.10 Å². The molecule has 20 heavy (non-hydrogen) atoms. The lowest BCUT2D eigenvalue weighted by atomic mass is 10.1. The van der Waals surface area contributed by atoms with E-state index in [-0.39, 0.29) is 13.0 Å². The zero-order chi connectivity index (χ0) is 15.5. The van der Waals surface area contributed by atoms with Crippen molar-refractivity contribution < 1.29 is 29.4 Å². The molecule has 0 aromatic rings. The van der Waals surface area contributed by atoms with Gasteiger partial charge in [-0.25, -0.2) is 9.59 Å². The van der Waals surface area contributed by atoms with Gasteiger partial charge in [-0.2, -0.15) is 0 Å². The van der Waals surface area contributed by atoms with Gasteiger partial charge in [0.25, 0.3) is 5.91 Å². The molecule has 0 radical (unpaired) electrons. The van der Waals surface area contributed by atoms with Crippen LogP contribution in [0.2, 0.25) is 0 Å². The summed E-state index contributed by atoms with van der Waals surface area (Å²) in [6, 6.07) is -0.571. The fourth-order valence-electron chi connectivity index (χ4n) is 1.62. The Labute approximate surface area is 114 Å². The van der Waals surface area contributed by atoms with Crippen molar-refractivity contribution in [3.05, 3.63) is 0 Å². The summed E-state index contributed by atoms with van der Waals surface area (Å²) in [5, 5.41) is 22.1. The number of aliphatic hydroxyl groups is 1. The Bertz CT molecular complexity index is 447. The molecule has 9 heteroatoms. The number of hydrogen-bond donors (Lipinski definition) is 4. The molecule has 1 fully saturated rings. The first kappa shape index (κ1) is 15.9. The summed E-state index contributed by atoms with van der Waals surface area (Å²) in [6.07, 6.45) is -1.85. The lowest BCUT2D eigenvalue weighted by Gasteiger charge is -2.15. The number of amides is 4. The SMILES string of the molecule is CC1(C)NC(=O)N(CCC(=O)NCC(O)C(=O)O)C1=O. The summed E-state index contributed by atoms with van der Waals surface area (Å²) >= 11 is 0. The summed E-state index contributed by atoms with van der Waals surface area (Å²) in [6.45, 7) is 2.57. The normalized spacial score (nSPS) is 18.6. The first-order chi connectivity index (χ1) is 9.15. The molecule has 1 rings (SSSR count). The average Bonchev–Trinajstić information content (AvgIpc) is 2.53. The smallest absolute Gasteiger partial charge is 0.334 e. The summed E-state index contributed by atoms with van der Waals surface area (Å²) in [5.41, 5.74) is -0.993. The minimum Gasteiger partial charge on any atom is -0.479 e. The van der Waals surface area contributed by atoms with Gasteiger partial charge in [-0.1, -0.05) is 0 Å². The first-order valence-corrected chi connectivity index (χ1v) is 5.97. The third kappa shape index (κ3) is 3.67. The maximum absolute atomic E-state index is 11.8. The molecule has 112 valence electrons. The number of rotatable bonds is 6. The second-order valence-corrected chi connectivity index (χ2v) is 4.92. The number of imide groups is 1. The van der Waals surface area contributed by atoms with Crippen LogP contribution in [0.3, 0.4) is 0 Å². The zero-order valence-corrected chi connectivity index (χ0v) is 11.2. The number of carboxylic acid groups (broad SMARTS) is 1. The van der Waals surface area contributed by atoms with Gasteiger partial charge < -0.3 is 20.8 Å². The summed E-state index contributed by atoms with van der Waals surface area (Å²) < 4.78 is 0. The molecular formula is C11H17N3O6. The summed E-state index contributed by atoms with van der Waals surface area (Å²) in [5.74, 6) is -2.43. The molecule has 0 aliphatic carbocycles. The van der Waals surface area contributed by atoms with E-state index in [9.17, 15) is 19.2 Å². The molecule has 4 N–H and O–H groups in total. The monoisotopic (exact) mass is 287 g/mol. The van der Waals surface area contributed by atoms with Crippen LogP contribution in [0.1, 0.15) is 20.3 Å². The molecule has 1 saturated heterocycles. The third-order valence-corrected chi connectivity index (χ3v) is 2.78. The molecule has 1 heterocycles. The number of hydrogen-bond acceptors (Lipinski definition) is 5. The fraction of sp³-hybridized carbons (Fsp3) is 0.636. The number of urea groups is 1. The Morgan fingerprint density at radius 2 is 2.00 bits per heavy atom. The summed E-state index contributed by atoms with van der Waals surface area (Å²) in [7, 11) is 0. The number of carboxylic acids is 1. The van der Waals surface area contributed by atoms with Gasteiger partial charge in [0.1, 0.15) is 5.54 Å². The van der Waals surface area contributed by atoms with Crippen LogP contribution in [-0.4, -0.2) is 63.7 Å². The van der Waals surface area contributed by atoms with E-state index in [1.54, 1.807) is 13.8 Å². The van der Waals surface area contributed by atoms with Crippen molar-refractivity contribution in [1.29, 1.82) is 0 Å². The molecule has 1 unspecified atom stereocenters. The molecular weight excluding hydrogens is 270 g/mol. The van der Waals surface area contributed by atoms with Crippen LogP contribution in [0.25, 0.3) is 0 Å². The zero-order valence-electron chi connectivity index (χ0n) is 11.2. The first-order valence-electron chi connectivity index (χ1n) is 5.97. The molecule has 0 aromatic carbocycles. The Hall–Kier alpha value is -2.16. The molecule has 9 nitrogen and oxygen atoms in total. The van der Waals surface area contributed by atoms with Crippen LogP contribution < -0.4 is 10.6 Å². The van der Waals surface area contributed by atoms with E-state index in [2.05, 4.69) is 10.6 Å². The highest BCUT2D eigenvalue weighted by molar-refractivity contribution is 6.06. The van der Waals surface area contributed by atoms with Gasteiger partial charge in [-0.05, 0) is 13.8 Å². The molecule has 1 aliphatic heterocycles. The molecule has 0 saturated carbocycles. The lowest BCUT2D eigenvalue weighted by molar-refractivity contribution is -0.146. The summed E-state index contributed by atoms with van der Waals surface area (Å²) in [4.78, 5) is 46.0. The van der Waals surface area contributed by atoms with E-state index in [1.165, 1.54) is 0 Å². The van der Waals surface area contributed by atoms with Crippen molar-refractivity contribution in [2.75, 3.05) is 13.1 Å². The van der Waals surface area contributed by atoms with Gasteiger partial charge >= 0.3 is 12.0 Å². The molecule has 1 aliphatic rings. The number of carbonyl (C=O) groups is 4. The highest BCUT2D eigenvalue weighted by Gasteiger charge is 2.43. The van der Waals surface area contributed by atoms with Gasteiger partial charge in [0, 0.05) is 13.0 Å². The van der Waals surface area contributed by atoms with Crippen molar-refractivity contribution in [1.82, 2.24) is 15.5 Å². The van der Waals surface area contributed by atoms with Gasteiger partial charge in [-0.15, -0.1) is 0 Å². The van der Waals surface area contributed by atoms with Crippen molar-refractivity contribution in [3.8, 4) is 0 Å².